The van der Waals surface area contributed by atoms with Gasteiger partial charge in [-0.3, -0.25) is 4.68 Å². The molecule has 2 aromatic rings. The Morgan fingerprint density at radius 1 is 1.37 bits per heavy atom. The van der Waals surface area contributed by atoms with E-state index in [9.17, 15) is 5.11 Å². The lowest BCUT2D eigenvalue weighted by Gasteiger charge is -2.15. The topological polar surface area (TPSA) is 50.1 Å². The number of rotatable bonds is 5. The van der Waals surface area contributed by atoms with E-state index in [-0.39, 0.29) is 6.04 Å². The molecule has 0 bridgehead atoms. The maximum Gasteiger partial charge on any atom is 0.120 e. The zero-order valence-electron chi connectivity index (χ0n) is 11.7. The van der Waals surface area contributed by atoms with Crippen molar-refractivity contribution >= 4 is 0 Å². The molecular weight excluding hydrogens is 238 g/mol. The molecule has 19 heavy (non-hydrogen) atoms. The molecule has 2 N–H and O–H groups in total. The number of hydrogen-bond donors (Lipinski definition) is 2. The van der Waals surface area contributed by atoms with E-state index in [4.69, 9.17) is 0 Å². The maximum absolute atomic E-state index is 9.87. The lowest BCUT2D eigenvalue weighted by molar-refractivity contribution is 0.452. The summed E-state index contributed by atoms with van der Waals surface area (Å²) in [5, 5.41) is 17.6. The molecule has 4 heteroatoms. The molecule has 4 nitrogen and oxygen atoms in total. The second kappa shape index (κ2) is 5.89. The van der Waals surface area contributed by atoms with Gasteiger partial charge in [-0.1, -0.05) is 17.7 Å². The predicted molar refractivity (Wildman–Crippen MR) is 76.2 cm³/mol. The summed E-state index contributed by atoms with van der Waals surface area (Å²) in [6.07, 6.45) is 2.84. The average Bonchev–Trinajstić information content (AvgIpc) is 2.78. The number of aromatic nitrogens is 2. The van der Waals surface area contributed by atoms with Gasteiger partial charge in [0.15, 0.2) is 0 Å². The molecule has 102 valence electrons. The zero-order chi connectivity index (χ0) is 13.8. The molecular formula is C15H21N3O. The number of nitrogens with one attached hydrogen (secondary N) is 1. The van der Waals surface area contributed by atoms with Crippen molar-refractivity contribution in [1.82, 2.24) is 15.1 Å². The monoisotopic (exact) mass is 259 g/mol. The van der Waals surface area contributed by atoms with Crippen molar-refractivity contribution in [2.45, 2.75) is 26.3 Å². The fraction of sp³-hybridized carbons (Fsp3) is 0.400. The Labute approximate surface area is 114 Å². The van der Waals surface area contributed by atoms with E-state index >= 15 is 0 Å². The zero-order valence-corrected chi connectivity index (χ0v) is 11.7. The fourth-order valence-electron chi connectivity index (χ4n) is 2.14. The van der Waals surface area contributed by atoms with Crippen LogP contribution in [0.3, 0.4) is 0 Å². The molecule has 0 aliphatic rings. The van der Waals surface area contributed by atoms with Gasteiger partial charge >= 0.3 is 0 Å². The maximum atomic E-state index is 9.87. The van der Waals surface area contributed by atoms with Crippen LogP contribution < -0.4 is 5.32 Å². The first-order chi connectivity index (χ1) is 9.06. The van der Waals surface area contributed by atoms with Crippen LogP contribution in [0.2, 0.25) is 0 Å². The van der Waals surface area contributed by atoms with Crippen molar-refractivity contribution in [2.24, 2.45) is 7.05 Å². The van der Waals surface area contributed by atoms with Crippen molar-refractivity contribution < 1.29 is 5.11 Å². The summed E-state index contributed by atoms with van der Waals surface area (Å²) < 4.78 is 1.81. The first-order valence-corrected chi connectivity index (χ1v) is 6.57. The van der Waals surface area contributed by atoms with Crippen LogP contribution in [0.5, 0.6) is 5.75 Å². The Kier molecular flexibility index (Phi) is 4.22. The summed E-state index contributed by atoms with van der Waals surface area (Å²) in [5.74, 6) is 0.350. The van der Waals surface area contributed by atoms with Gasteiger partial charge in [-0.05, 0) is 26.0 Å². The molecule has 2 rings (SSSR count). The van der Waals surface area contributed by atoms with Crippen molar-refractivity contribution in [1.29, 1.82) is 0 Å². The highest BCUT2D eigenvalue weighted by Gasteiger charge is 2.10. The minimum absolute atomic E-state index is 0.128. The number of benzene rings is 1. The summed E-state index contributed by atoms with van der Waals surface area (Å²) in [7, 11) is 1.92. The number of phenols is 1. The Bertz CT molecular complexity index is 548. The van der Waals surface area contributed by atoms with Gasteiger partial charge < -0.3 is 10.4 Å². The average molecular weight is 259 g/mol. The lowest BCUT2D eigenvalue weighted by Crippen LogP contribution is -2.21. The largest absolute Gasteiger partial charge is 0.508 e. The summed E-state index contributed by atoms with van der Waals surface area (Å²) in [6, 6.07) is 7.84. The highest BCUT2D eigenvalue weighted by Crippen LogP contribution is 2.24. The SMILES string of the molecule is Cc1ccc(O)c(C(C)NCCc2ccn(C)n2)c1. The van der Waals surface area contributed by atoms with Crippen molar-refractivity contribution in [2.75, 3.05) is 6.54 Å². The molecule has 1 aromatic heterocycles. The van der Waals surface area contributed by atoms with Gasteiger partial charge in [0.2, 0.25) is 0 Å². The van der Waals surface area contributed by atoms with Crippen LogP contribution >= 0.6 is 0 Å². The van der Waals surface area contributed by atoms with Gasteiger partial charge in [0.05, 0.1) is 5.69 Å². The number of nitrogens with zero attached hydrogens (tertiary/aromatic N) is 2. The molecule has 0 aliphatic heterocycles. The van der Waals surface area contributed by atoms with Gasteiger partial charge in [-0.25, -0.2) is 0 Å². The Morgan fingerprint density at radius 3 is 2.84 bits per heavy atom. The third kappa shape index (κ3) is 3.58. The molecule has 1 unspecified atom stereocenters. The van der Waals surface area contributed by atoms with Crippen molar-refractivity contribution in [3.63, 3.8) is 0 Å². The minimum atomic E-state index is 0.128. The fourth-order valence-corrected chi connectivity index (χ4v) is 2.14. The quantitative estimate of drug-likeness (QED) is 0.866. The first kappa shape index (κ1) is 13.6. The van der Waals surface area contributed by atoms with Crippen LogP contribution in [0.4, 0.5) is 0 Å². The van der Waals surface area contributed by atoms with Gasteiger partial charge in [-0.2, -0.15) is 5.10 Å². The Morgan fingerprint density at radius 2 is 2.16 bits per heavy atom. The van der Waals surface area contributed by atoms with Gasteiger partial charge in [0.25, 0.3) is 0 Å². The van der Waals surface area contributed by atoms with Crippen molar-refractivity contribution in [3.05, 3.63) is 47.3 Å². The third-order valence-electron chi connectivity index (χ3n) is 3.25. The van der Waals surface area contributed by atoms with E-state index in [1.807, 2.05) is 43.0 Å². The predicted octanol–water partition coefficient (Wildman–Crippen LogP) is 2.33. The number of aromatic hydroxyl groups is 1. The second-order valence-corrected chi connectivity index (χ2v) is 4.97. The van der Waals surface area contributed by atoms with Gasteiger partial charge in [0.1, 0.15) is 5.75 Å². The van der Waals surface area contributed by atoms with E-state index in [0.29, 0.717) is 5.75 Å². The van der Waals surface area contributed by atoms with E-state index in [2.05, 4.69) is 17.3 Å². The number of aryl methyl sites for hydroxylation is 2. The van der Waals surface area contributed by atoms with Crippen LogP contribution in [0.15, 0.2) is 30.5 Å². The molecule has 1 heterocycles. The van der Waals surface area contributed by atoms with E-state index < -0.39 is 0 Å². The number of hydrogen-bond acceptors (Lipinski definition) is 3. The Hall–Kier alpha value is -1.81. The smallest absolute Gasteiger partial charge is 0.120 e. The molecule has 1 aromatic carbocycles. The third-order valence-corrected chi connectivity index (χ3v) is 3.25. The molecule has 1 atom stereocenters. The molecule has 0 saturated heterocycles. The second-order valence-electron chi connectivity index (χ2n) is 4.97. The van der Waals surface area contributed by atoms with Crippen LogP contribution in [0, 0.1) is 6.92 Å². The standard InChI is InChI=1S/C15H21N3O/c1-11-4-5-15(19)14(10-11)12(2)16-8-6-13-7-9-18(3)17-13/h4-5,7,9-10,12,16,19H,6,8H2,1-3H3. The van der Waals surface area contributed by atoms with E-state index in [0.717, 1.165) is 29.8 Å². The summed E-state index contributed by atoms with van der Waals surface area (Å²) in [5.41, 5.74) is 3.18. The first-order valence-electron chi connectivity index (χ1n) is 6.57. The summed E-state index contributed by atoms with van der Waals surface area (Å²) >= 11 is 0. The van der Waals surface area contributed by atoms with E-state index in [1.54, 1.807) is 6.07 Å². The molecule has 0 radical (unpaired) electrons. The summed E-state index contributed by atoms with van der Waals surface area (Å²) in [6.45, 7) is 4.93. The van der Waals surface area contributed by atoms with Crippen LogP contribution in [0.1, 0.15) is 29.8 Å². The molecule has 0 amide bonds. The Balaban J connectivity index is 1.90. The van der Waals surface area contributed by atoms with Gasteiger partial charge in [-0.15, -0.1) is 0 Å². The highest BCUT2D eigenvalue weighted by atomic mass is 16.3. The molecule has 0 saturated carbocycles. The highest BCUT2D eigenvalue weighted by molar-refractivity contribution is 5.37. The van der Waals surface area contributed by atoms with Crippen LogP contribution in [0.25, 0.3) is 0 Å². The molecule has 0 aliphatic carbocycles. The molecule has 0 fully saturated rings. The normalized spacial score (nSPS) is 12.6. The molecule has 0 spiro atoms. The summed E-state index contributed by atoms with van der Waals surface area (Å²) in [4.78, 5) is 0. The van der Waals surface area contributed by atoms with Crippen LogP contribution in [-0.4, -0.2) is 21.4 Å². The number of phenolic OH excluding ortho intramolecular Hbond substituents is 1. The van der Waals surface area contributed by atoms with Crippen LogP contribution in [-0.2, 0) is 13.5 Å². The van der Waals surface area contributed by atoms with E-state index in [1.165, 1.54) is 0 Å². The lowest BCUT2D eigenvalue weighted by atomic mass is 10.0. The van der Waals surface area contributed by atoms with Crippen molar-refractivity contribution in [3.8, 4) is 5.75 Å². The van der Waals surface area contributed by atoms with Gasteiger partial charge in [0, 0.05) is 37.8 Å². The minimum Gasteiger partial charge on any atom is -0.508 e.